The molecule has 1 rings (SSSR count). The fraction of sp³-hybridized carbons (Fsp3) is 0.652. The molecule has 458 valence electrons. The van der Waals surface area contributed by atoms with E-state index < -0.39 is 67.3 Å². The number of carbonyl (C=O) groups is 4. The van der Waals surface area contributed by atoms with Crippen molar-refractivity contribution in [3.05, 3.63) is 122 Å². The van der Waals surface area contributed by atoms with E-state index in [1.54, 1.807) is 6.08 Å². The van der Waals surface area contributed by atoms with Gasteiger partial charge < -0.3 is 39.0 Å². The molecule has 12 heteroatoms. The fourth-order valence-electron chi connectivity index (χ4n) is 8.78. The molecule has 81 heavy (non-hydrogen) atoms. The maximum atomic E-state index is 13.1. The lowest BCUT2D eigenvalue weighted by Gasteiger charge is -2.40. The lowest BCUT2D eigenvalue weighted by atomic mass is 9.98. The van der Waals surface area contributed by atoms with Crippen LogP contribution in [0.1, 0.15) is 239 Å². The first kappa shape index (κ1) is 74.1. The molecule has 0 spiro atoms. The zero-order valence-electron chi connectivity index (χ0n) is 50.5. The van der Waals surface area contributed by atoms with Gasteiger partial charge in [-0.3, -0.25) is 14.4 Å². The highest BCUT2D eigenvalue weighted by molar-refractivity contribution is 5.74. The van der Waals surface area contributed by atoms with Crippen LogP contribution in [0.2, 0.25) is 0 Å². The Kier molecular flexibility index (Phi) is 50.9. The number of unbranched alkanes of at least 4 members (excludes halogenated alkanes) is 19. The van der Waals surface area contributed by atoms with Crippen molar-refractivity contribution in [1.29, 1.82) is 0 Å². The summed E-state index contributed by atoms with van der Waals surface area (Å²) in [5.74, 6) is -3.32. The predicted octanol–water partition coefficient (Wildman–Crippen LogP) is 16.8. The van der Waals surface area contributed by atoms with Gasteiger partial charge in [0.15, 0.2) is 24.6 Å². The van der Waals surface area contributed by atoms with Crippen molar-refractivity contribution in [2.75, 3.05) is 13.2 Å². The van der Waals surface area contributed by atoms with Gasteiger partial charge in [0, 0.05) is 12.8 Å². The van der Waals surface area contributed by atoms with E-state index in [1.807, 2.05) is 18.2 Å². The van der Waals surface area contributed by atoms with E-state index in [1.165, 1.54) is 51.4 Å². The minimum Gasteiger partial charge on any atom is -0.479 e. The van der Waals surface area contributed by atoms with Crippen molar-refractivity contribution in [2.45, 2.75) is 276 Å². The van der Waals surface area contributed by atoms with E-state index in [-0.39, 0.29) is 25.9 Å². The zero-order valence-corrected chi connectivity index (χ0v) is 50.5. The number of hydrogen-bond donors (Lipinski definition) is 3. The van der Waals surface area contributed by atoms with Gasteiger partial charge in [0.25, 0.3) is 0 Å². The number of carboxylic acids is 1. The van der Waals surface area contributed by atoms with Crippen LogP contribution in [0.5, 0.6) is 0 Å². The van der Waals surface area contributed by atoms with Crippen molar-refractivity contribution in [1.82, 2.24) is 0 Å². The Morgan fingerprint density at radius 1 is 0.432 bits per heavy atom. The number of carboxylic acid groups (broad SMARTS) is 1. The summed E-state index contributed by atoms with van der Waals surface area (Å²) in [6.45, 7) is 5.66. The summed E-state index contributed by atoms with van der Waals surface area (Å²) in [6, 6.07) is 0. The number of ether oxygens (including phenoxy) is 5. The average molecular weight is 1130 g/mol. The van der Waals surface area contributed by atoms with E-state index in [0.29, 0.717) is 19.3 Å². The van der Waals surface area contributed by atoms with Crippen molar-refractivity contribution < 1.29 is 58.2 Å². The molecule has 1 saturated heterocycles. The summed E-state index contributed by atoms with van der Waals surface area (Å²) in [4.78, 5) is 51.2. The van der Waals surface area contributed by atoms with Crippen molar-refractivity contribution in [3.63, 3.8) is 0 Å². The second kappa shape index (κ2) is 55.6. The number of hydrogen-bond acceptors (Lipinski definition) is 11. The molecule has 1 heterocycles. The minimum atomic E-state index is -1.93. The van der Waals surface area contributed by atoms with Gasteiger partial charge >= 0.3 is 23.9 Å². The summed E-state index contributed by atoms with van der Waals surface area (Å²) in [5, 5.41) is 31.6. The lowest BCUT2D eigenvalue weighted by Crippen LogP contribution is -2.61. The summed E-state index contributed by atoms with van der Waals surface area (Å²) >= 11 is 0. The van der Waals surface area contributed by atoms with E-state index in [4.69, 9.17) is 23.7 Å². The Balaban J connectivity index is 2.71. The molecule has 3 N–H and O–H groups in total. The quantitative estimate of drug-likeness (QED) is 0.0228. The first-order valence-corrected chi connectivity index (χ1v) is 31.5. The number of carbonyl (C=O) groups excluding carboxylic acids is 3. The van der Waals surface area contributed by atoms with E-state index in [9.17, 15) is 34.5 Å². The van der Waals surface area contributed by atoms with Crippen LogP contribution in [0.3, 0.4) is 0 Å². The van der Waals surface area contributed by atoms with E-state index >= 15 is 0 Å². The van der Waals surface area contributed by atoms with E-state index in [2.05, 4.69) is 118 Å². The Morgan fingerprint density at radius 2 is 0.815 bits per heavy atom. The predicted molar refractivity (Wildman–Crippen MR) is 330 cm³/mol. The molecule has 6 unspecified atom stereocenters. The van der Waals surface area contributed by atoms with E-state index in [0.717, 1.165) is 128 Å². The highest BCUT2D eigenvalue weighted by Crippen LogP contribution is 2.26. The highest BCUT2D eigenvalue weighted by Gasteiger charge is 2.50. The molecule has 0 saturated carbocycles. The number of aliphatic carboxylic acids is 1. The molecule has 12 nitrogen and oxygen atoms in total. The van der Waals surface area contributed by atoms with Gasteiger partial charge in [-0.1, -0.05) is 232 Å². The smallest absolute Gasteiger partial charge is 0.335 e. The fourth-order valence-corrected chi connectivity index (χ4v) is 8.78. The highest BCUT2D eigenvalue weighted by atomic mass is 16.7. The van der Waals surface area contributed by atoms with Crippen LogP contribution in [0.25, 0.3) is 0 Å². The Bertz CT molecular complexity index is 1870. The minimum absolute atomic E-state index is 0.0385. The summed E-state index contributed by atoms with van der Waals surface area (Å²) < 4.78 is 28.4. The number of esters is 3. The molecule has 0 amide bonds. The molecule has 6 atom stereocenters. The average Bonchev–Trinajstić information content (AvgIpc) is 3.52. The SMILES string of the molecule is CC/C=C\C/C=C\C/C=C\C/C=C\C/C=C\CC(=O)OC(COC(=O)CCCCCCCCC/C=C\C/C=C\C/C=C\CC)COC1OC(C(=O)O)C(O)C(O)C1OC(=O)CCCCCCCCCCC/C=C\C/C=C\CCCCC. The third-order valence-corrected chi connectivity index (χ3v) is 13.5. The van der Waals surface area contributed by atoms with Crippen LogP contribution in [-0.4, -0.2) is 89.2 Å². The third-order valence-electron chi connectivity index (χ3n) is 13.5. The van der Waals surface area contributed by atoms with Crippen molar-refractivity contribution in [3.8, 4) is 0 Å². The Labute approximate surface area is 490 Å². The van der Waals surface area contributed by atoms with Gasteiger partial charge in [-0.05, 0) is 109 Å². The van der Waals surface area contributed by atoms with Gasteiger partial charge in [-0.15, -0.1) is 0 Å². The number of allylic oxidation sites excluding steroid dienone is 19. The van der Waals surface area contributed by atoms with Gasteiger partial charge in [-0.25, -0.2) is 4.79 Å². The zero-order chi connectivity index (χ0) is 58.9. The molecule has 1 aliphatic heterocycles. The van der Waals surface area contributed by atoms with Crippen LogP contribution < -0.4 is 0 Å². The third kappa shape index (κ3) is 45.3. The molecule has 1 aliphatic rings. The standard InChI is InChI=1S/C69H110O12/c1-4-7-10-13-16-19-22-25-28-30-31-33-36-39-42-45-48-51-54-57-63(72)80-67-65(74)64(73)66(68(75)76)81-69(67)78-59-60(79-62(71)56-53-50-47-44-41-38-34-27-24-21-18-15-12-9-6-3)58-77-61(70)55-52-49-46-43-40-37-35-32-29-26-23-20-17-14-11-8-5-2/h8-9,11-12,16-21,25-29,34,41,44,50,53,60,64-67,69,73-74H,4-7,10,13-15,22-24,30-33,35-40,42-43,45-49,51-52,54-59H2,1-3H3,(H,75,76)/b11-8-,12-9-,19-16-,20-17-,21-18-,28-25-,29-26-,34-27-,44-41-,53-50-. The normalized spacial score (nSPS) is 18.6. The van der Waals surface area contributed by atoms with Crippen LogP contribution in [0.15, 0.2) is 122 Å². The topological polar surface area (TPSA) is 175 Å². The van der Waals surface area contributed by atoms with Gasteiger partial charge in [0.1, 0.15) is 18.8 Å². The molecule has 0 bridgehead atoms. The van der Waals surface area contributed by atoms with Crippen molar-refractivity contribution >= 4 is 23.9 Å². The Hall–Kier alpha value is -4.88. The van der Waals surface area contributed by atoms with Gasteiger partial charge in [0.2, 0.25) is 0 Å². The molecular formula is C69H110O12. The molecule has 1 fully saturated rings. The molecule has 0 aliphatic carbocycles. The maximum absolute atomic E-state index is 13.1. The first-order valence-electron chi connectivity index (χ1n) is 31.5. The van der Waals surface area contributed by atoms with Gasteiger partial charge in [-0.2, -0.15) is 0 Å². The second-order valence-electron chi connectivity index (χ2n) is 20.9. The molecule has 0 aromatic rings. The number of aliphatic hydroxyl groups is 2. The van der Waals surface area contributed by atoms with Gasteiger partial charge in [0.05, 0.1) is 13.0 Å². The first-order chi connectivity index (χ1) is 39.6. The Morgan fingerprint density at radius 3 is 1.25 bits per heavy atom. The largest absolute Gasteiger partial charge is 0.479 e. The lowest BCUT2D eigenvalue weighted by molar-refractivity contribution is -0.301. The van der Waals surface area contributed by atoms with Crippen LogP contribution >= 0.6 is 0 Å². The summed E-state index contributed by atoms with van der Waals surface area (Å²) in [5.41, 5.74) is 0. The molecule has 0 radical (unpaired) electrons. The summed E-state index contributed by atoms with van der Waals surface area (Å²) in [7, 11) is 0. The molecule has 0 aromatic heterocycles. The molecular weight excluding hydrogens is 1020 g/mol. The maximum Gasteiger partial charge on any atom is 0.335 e. The van der Waals surface area contributed by atoms with Crippen LogP contribution in [0.4, 0.5) is 0 Å². The molecule has 0 aromatic carbocycles. The number of aliphatic hydroxyl groups excluding tert-OH is 2. The van der Waals surface area contributed by atoms with Crippen molar-refractivity contribution in [2.24, 2.45) is 0 Å². The second-order valence-corrected chi connectivity index (χ2v) is 20.9. The number of rotatable bonds is 52. The van der Waals surface area contributed by atoms with Crippen LogP contribution in [0, 0.1) is 0 Å². The summed E-state index contributed by atoms with van der Waals surface area (Å²) in [6.07, 6.45) is 64.7. The van der Waals surface area contributed by atoms with Crippen LogP contribution in [-0.2, 0) is 42.9 Å². The monoisotopic (exact) mass is 1130 g/mol.